The van der Waals surface area contributed by atoms with Crippen molar-refractivity contribution in [1.29, 1.82) is 0 Å². The number of rotatable bonds is 10. The molecular formula is C24H31FN2O5. The number of hydrogen-bond donors (Lipinski definition) is 0. The quantitative estimate of drug-likeness (QED) is 0.315. The molecule has 0 N–H and O–H groups in total. The Hall–Kier alpha value is -3.00. The minimum Gasteiger partial charge on any atom is -0.464 e. The van der Waals surface area contributed by atoms with Gasteiger partial charge in [0.2, 0.25) is 0 Å². The summed E-state index contributed by atoms with van der Waals surface area (Å²) in [5.74, 6) is -1.61. The van der Waals surface area contributed by atoms with Gasteiger partial charge in [-0.1, -0.05) is 0 Å². The number of Topliss-reactive ketones (excluding diaryl/α,β-unsaturated/α-hetero) is 1. The summed E-state index contributed by atoms with van der Waals surface area (Å²) in [5, 5.41) is 0. The molecule has 2 aromatic rings. The molecule has 1 atom stereocenters. The van der Waals surface area contributed by atoms with Crippen molar-refractivity contribution in [2.75, 3.05) is 27.4 Å². The van der Waals surface area contributed by atoms with Crippen LogP contribution in [0.5, 0.6) is 0 Å². The van der Waals surface area contributed by atoms with Crippen LogP contribution in [-0.4, -0.2) is 60.5 Å². The van der Waals surface area contributed by atoms with Crippen molar-refractivity contribution in [3.8, 4) is 0 Å². The number of ether oxygens (including phenoxy) is 2. The second-order valence-corrected chi connectivity index (χ2v) is 7.56. The maximum atomic E-state index is 13.6. The van der Waals surface area contributed by atoms with E-state index < -0.39 is 17.8 Å². The number of esters is 1. The van der Waals surface area contributed by atoms with E-state index in [-0.39, 0.29) is 18.2 Å². The van der Waals surface area contributed by atoms with Gasteiger partial charge in [-0.3, -0.25) is 9.59 Å². The first-order chi connectivity index (χ1) is 15.2. The summed E-state index contributed by atoms with van der Waals surface area (Å²) in [6.45, 7) is 8.23. The van der Waals surface area contributed by atoms with Crippen LogP contribution in [0.1, 0.15) is 62.7 Å². The van der Waals surface area contributed by atoms with Crippen molar-refractivity contribution < 1.29 is 28.2 Å². The normalized spacial score (nSPS) is 11.8. The number of amides is 1. The van der Waals surface area contributed by atoms with Crippen molar-refractivity contribution in [2.24, 2.45) is 0 Å². The van der Waals surface area contributed by atoms with E-state index in [0.29, 0.717) is 47.7 Å². The molecule has 0 aliphatic heterocycles. The molecule has 0 spiro atoms. The van der Waals surface area contributed by atoms with Crippen LogP contribution >= 0.6 is 0 Å². The average Bonchev–Trinajstić information content (AvgIpc) is 3.04. The van der Waals surface area contributed by atoms with Gasteiger partial charge >= 0.3 is 5.97 Å². The van der Waals surface area contributed by atoms with Crippen molar-refractivity contribution in [3.63, 3.8) is 0 Å². The number of nitrogens with zero attached hydrogens (tertiary/aromatic N) is 2. The Balaban J connectivity index is 2.47. The van der Waals surface area contributed by atoms with Gasteiger partial charge in [-0.2, -0.15) is 0 Å². The molecule has 1 aromatic carbocycles. The van der Waals surface area contributed by atoms with Gasteiger partial charge in [0.05, 0.1) is 13.2 Å². The zero-order valence-electron chi connectivity index (χ0n) is 19.5. The van der Waals surface area contributed by atoms with E-state index in [4.69, 9.17) is 9.47 Å². The van der Waals surface area contributed by atoms with Gasteiger partial charge in [0.1, 0.15) is 11.5 Å². The summed E-state index contributed by atoms with van der Waals surface area (Å²) in [7, 11) is 2.86. The predicted molar refractivity (Wildman–Crippen MR) is 119 cm³/mol. The zero-order chi connectivity index (χ0) is 24.0. The fourth-order valence-electron chi connectivity index (χ4n) is 3.97. The van der Waals surface area contributed by atoms with Gasteiger partial charge in [-0.15, -0.1) is 0 Å². The Morgan fingerprint density at radius 1 is 1.12 bits per heavy atom. The topological polar surface area (TPSA) is 77.8 Å². The Kier molecular flexibility index (Phi) is 8.72. The molecule has 0 saturated carbocycles. The molecule has 0 radical (unpaired) electrons. The number of carbonyl (C=O) groups is 3. The fraction of sp³-hybridized carbons (Fsp3) is 0.458. The first kappa shape index (κ1) is 25.3. The van der Waals surface area contributed by atoms with Gasteiger partial charge < -0.3 is 18.9 Å². The molecule has 0 saturated heterocycles. The van der Waals surface area contributed by atoms with Gasteiger partial charge in [0.15, 0.2) is 5.78 Å². The Morgan fingerprint density at radius 3 is 2.28 bits per heavy atom. The molecule has 2 rings (SSSR count). The van der Waals surface area contributed by atoms with Crippen LogP contribution in [0.3, 0.4) is 0 Å². The van der Waals surface area contributed by atoms with Crippen LogP contribution in [0.25, 0.3) is 0 Å². The molecule has 0 fully saturated rings. The van der Waals surface area contributed by atoms with Gasteiger partial charge in [0.25, 0.3) is 5.91 Å². The highest BCUT2D eigenvalue weighted by Gasteiger charge is 2.33. The standard InChI is InChI=1S/C24H31FN2O5/c1-7-26-16(3)20(15(2)21(26)24(30)32-6)22(28)17(4)27(13-8-14-31-5)23(29)18-9-11-19(25)12-10-18/h9-12,17H,7-8,13-14H2,1-6H3. The molecule has 0 aliphatic rings. The average molecular weight is 447 g/mol. The minimum absolute atomic E-state index is 0.273. The number of ketones is 1. The summed E-state index contributed by atoms with van der Waals surface area (Å²) in [6.07, 6.45) is 0.530. The molecule has 32 heavy (non-hydrogen) atoms. The Morgan fingerprint density at radius 2 is 1.75 bits per heavy atom. The second-order valence-electron chi connectivity index (χ2n) is 7.56. The van der Waals surface area contributed by atoms with Gasteiger partial charge in [-0.05, 0) is 63.9 Å². The third kappa shape index (κ3) is 5.07. The number of aromatic nitrogens is 1. The largest absolute Gasteiger partial charge is 0.464 e. The zero-order valence-corrected chi connectivity index (χ0v) is 19.5. The Labute approximate surface area is 188 Å². The van der Waals surface area contributed by atoms with E-state index in [2.05, 4.69) is 0 Å². The Bertz CT molecular complexity index is 981. The van der Waals surface area contributed by atoms with Crippen LogP contribution in [0.2, 0.25) is 0 Å². The second kappa shape index (κ2) is 11.0. The lowest BCUT2D eigenvalue weighted by molar-refractivity contribution is 0.0585. The van der Waals surface area contributed by atoms with Gasteiger partial charge in [-0.25, -0.2) is 9.18 Å². The lowest BCUT2D eigenvalue weighted by Crippen LogP contribution is -2.44. The maximum Gasteiger partial charge on any atom is 0.354 e. The summed E-state index contributed by atoms with van der Waals surface area (Å²) < 4.78 is 25.1. The number of halogens is 1. The number of hydrogen-bond acceptors (Lipinski definition) is 5. The van der Waals surface area contributed by atoms with Crippen LogP contribution < -0.4 is 0 Å². The van der Waals surface area contributed by atoms with Crippen molar-refractivity contribution >= 4 is 17.7 Å². The molecule has 174 valence electrons. The fourth-order valence-corrected chi connectivity index (χ4v) is 3.97. The van der Waals surface area contributed by atoms with Crippen LogP contribution in [-0.2, 0) is 16.0 Å². The van der Waals surface area contributed by atoms with Crippen LogP contribution in [0.15, 0.2) is 24.3 Å². The highest BCUT2D eigenvalue weighted by Crippen LogP contribution is 2.26. The van der Waals surface area contributed by atoms with Crippen LogP contribution in [0, 0.1) is 19.7 Å². The lowest BCUT2D eigenvalue weighted by atomic mass is 9.99. The van der Waals surface area contributed by atoms with Gasteiger partial charge in [0, 0.05) is 43.6 Å². The molecule has 1 unspecified atom stereocenters. The molecule has 8 heteroatoms. The van der Waals surface area contributed by atoms with E-state index in [9.17, 15) is 18.8 Å². The molecule has 1 heterocycles. The third-order valence-electron chi connectivity index (χ3n) is 5.65. The molecule has 0 aliphatic carbocycles. The molecule has 1 aromatic heterocycles. The molecule has 0 bridgehead atoms. The number of methoxy groups -OCH3 is 2. The van der Waals surface area contributed by atoms with E-state index in [1.807, 2.05) is 6.92 Å². The summed E-state index contributed by atoms with van der Waals surface area (Å²) in [4.78, 5) is 40.6. The first-order valence-corrected chi connectivity index (χ1v) is 10.6. The molecule has 1 amide bonds. The molecule has 7 nitrogen and oxygen atoms in total. The highest BCUT2D eigenvalue weighted by molar-refractivity contribution is 6.07. The van der Waals surface area contributed by atoms with E-state index >= 15 is 0 Å². The smallest absolute Gasteiger partial charge is 0.354 e. The van der Waals surface area contributed by atoms with E-state index in [0.717, 1.165) is 0 Å². The predicted octanol–water partition coefficient (Wildman–Crippen LogP) is 3.80. The summed E-state index contributed by atoms with van der Waals surface area (Å²) in [5.41, 5.74) is 2.20. The van der Waals surface area contributed by atoms with E-state index in [1.54, 1.807) is 32.4 Å². The number of carbonyl (C=O) groups excluding carboxylic acids is 3. The molecular weight excluding hydrogens is 415 g/mol. The SMILES string of the molecule is CCn1c(C)c(C(=O)C(C)N(CCCOC)C(=O)c2ccc(F)cc2)c(C)c1C(=O)OC. The third-order valence-corrected chi connectivity index (χ3v) is 5.65. The maximum absolute atomic E-state index is 13.6. The summed E-state index contributed by atoms with van der Waals surface area (Å²) >= 11 is 0. The first-order valence-electron chi connectivity index (χ1n) is 10.6. The lowest BCUT2D eigenvalue weighted by Gasteiger charge is -2.29. The van der Waals surface area contributed by atoms with Crippen molar-refractivity contribution in [3.05, 3.63) is 58.2 Å². The monoisotopic (exact) mass is 446 g/mol. The van der Waals surface area contributed by atoms with Crippen LogP contribution in [0.4, 0.5) is 4.39 Å². The minimum atomic E-state index is -0.806. The van der Waals surface area contributed by atoms with Crippen molar-refractivity contribution in [1.82, 2.24) is 9.47 Å². The number of benzene rings is 1. The van der Waals surface area contributed by atoms with E-state index in [1.165, 1.54) is 36.3 Å². The summed E-state index contributed by atoms with van der Waals surface area (Å²) in [6, 6.07) is 4.42. The highest BCUT2D eigenvalue weighted by atomic mass is 19.1. The van der Waals surface area contributed by atoms with Crippen molar-refractivity contribution in [2.45, 2.75) is 46.7 Å².